The van der Waals surface area contributed by atoms with E-state index >= 15 is 0 Å². The largest absolute Gasteiger partial charge is 0.497 e. The van der Waals surface area contributed by atoms with E-state index in [2.05, 4.69) is 25.8 Å². The second-order valence-electron chi connectivity index (χ2n) is 7.49. The molecule has 1 saturated heterocycles. The summed E-state index contributed by atoms with van der Waals surface area (Å²) in [6.45, 7) is 9.32. The molecule has 1 amide bonds. The molecule has 2 rings (SSSR count). The van der Waals surface area contributed by atoms with Gasteiger partial charge >= 0.3 is 0 Å². The predicted molar refractivity (Wildman–Crippen MR) is 117 cm³/mol. The molecule has 1 atom stereocenters. The number of morpholine rings is 1. The van der Waals surface area contributed by atoms with E-state index in [4.69, 9.17) is 9.47 Å². The van der Waals surface area contributed by atoms with Gasteiger partial charge < -0.3 is 30.5 Å². The van der Waals surface area contributed by atoms with Gasteiger partial charge in [0.2, 0.25) is 0 Å². The molecule has 0 bridgehead atoms. The van der Waals surface area contributed by atoms with Gasteiger partial charge in [-0.05, 0) is 38.1 Å². The Balaban J connectivity index is 1.76. The highest BCUT2D eigenvalue weighted by Gasteiger charge is 2.25. The minimum Gasteiger partial charge on any atom is -0.497 e. The summed E-state index contributed by atoms with van der Waals surface area (Å²) in [6.07, 6.45) is 0. The molecule has 1 unspecified atom stereocenters. The van der Waals surface area contributed by atoms with Gasteiger partial charge in [-0.1, -0.05) is 0 Å². The Kier molecular flexibility index (Phi) is 9.85. The van der Waals surface area contributed by atoms with Gasteiger partial charge in [-0.25, -0.2) is 0 Å². The Morgan fingerprint density at radius 3 is 2.50 bits per heavy atom. The van der Waals surface area contributed by atoms with Gasteiger partial charge in [0.1, 0.15) is 5.75 Å². The van der Waals surface area contributed by atoms with E-state index in [1.807, 2.05) is 6.92 Å². The van der Waals surface area contributed by atoms with E-state index in [0.29, 0.717) is 56.7 Å². The van der Waals surface area contributed by atoms with Gasteiger partial charge in [0.15, 0.2) is 5.96 Å². The van der Waals surface area contributed by atoms with Crippen LogP contribution in [-0.2, 0) is 4.74 Å². The fourth-order valence-electron chi connectivity index (χ4n) is 3.08. The topological polar surface area (TPSA) is 107 Å². The average molecular weight is 422 g/mol. The lowest BCUT2D eigenvalue weighted by atomic mass is 10.1. The Morgan fingerprint density at radius 2 is 1.87 bits per heavy atom. The fraction of sp³-hybridized carbons (Fsp3) is 0.619. The van der Waals surface area contributed by atoms with E-state index in [1.165, 1.54) is 0 Å². The highest BCUT2D eigenvalue weighted by atomic mass is 16.5. The Morgan fingerprint density at radius 1 is 1.20 bits per heavy atom. The molecule has 30 heavy (non-hydrogen) atoms. The fourth-order valence-corrected chi connectivity index (χ4v) is 3.08. The number of rotatable bonds is 10. The van der Waals surface area contributed by atoms with Crippen molar-refractivity contribution in [2.24, 2.45) is 4.99 Å². The normalized spacial score (nSPS) is 17.1. The summed E-state index contributed by atoms with van der Waals surface area (Å²) >= 11 is 0. The molecule has 1 fully saturated rings. The molecule has 0 saturated carbocycles. The highest BCUT2D eigenvalue weighted by molar-refractivity contribution is 5.94. The number of carbonyl (C=O) groups excluding carboxylic acids is 1. The van der Waals surface area contributed by atoms with Crippen LogP contribution in [0, 0.1) is 0 Å². The molecule has 9 nitrogen and oxygen atoms in total. The van der Waals surface area contributed by atoms with Crippen LogP contribution < -0.4 is 20.7 Å². The van der Waals surface area contributed by atoms with Crippen LogP contribution in [-0.4, -0.2) is 93.6 Å². The quantitative estimate of drug-likeness (QED) is 0.240. The van der Waals surface area contributed by atoms with Crippen molar-refractivity contribution in [2.45, 2.75) is 19.4 Å². The summed E-state index contributed by atoms with van der Waals surface area (Å²) in [4.78, 5) is 18.9. The average Bonchev–Trinajstić information content (AvgIpc) is 2.75. The SMILES string of the molecule is CCNC(=NCC(C)(O)CN1CCOCC1)NCCNC(=O)c1ccc(OC)cc1. The summed E-state index contributed by atoms with van der Waals surface area (Å²) in [5, 5.41) is 19.9. The summed E-state index contributed by atoms with van der Waals surface area (Å²) in [6, 6.07) is 6.96. The first-order chi connectivity index (χ1) is 14.4. The number of ether oxygens (including phenoxy) is 2. The molecule has 9 heteroatoms. The molecule has 168 valence electrons. The van der Waals surface area contributed by atoms with Crippen molar-refractivity contribution < 1.29 is 19.4 Å². The van der Waals surface area contributed by atoms with Crippen molar-refractivity contribution in [1.29, 1.82) is 0 Å². The minimum absolute atomic E-state index is 0.144. The van der Waals surface area contributed by atoms with E-state index in [-0.39, 0.29) is 12.5 Å². The van der Waals surface area contributed by atoms with Crippen molar-refractivity contribution >= 4 is 11.9 Å². The van der Waals surface area contributed by atoms with Crippen molar-refractivity contribution in [3.05, 3.63) is 29.8 Å². The maximum Gasteiger partial charge on any atom is 0.251 e. The third-order valence-corrected chi connectivity index (χ3v) is 4.65. The van der Waals surface area contributed by atoms with Crippen molar-refractivity contribution in [1.82, 2.24) is 20.9 Å². The third kappa shape index (κ3) is 8.56. The highest BCUT2D eigenvalue weighted by Crippen LogP contribution is 2.11. The minimum atomic E-state index is -0.928. The molecule has 0 radical (unpaired) electrons. The van der Waals surface area contributed by atoms with Gasteiger partial charge in [-0.3, -0.25) is 14.7 Å². The Labute approximate surface area is 178 Å². The second kappa shape index (κ2) is 12.4. The smallest absolute Gasteiger partial charge is 0.251 e. The number of benzene rings is 1. The van der Waals surface area contributed by atoms with Crippen LogP contribution in [0.15, 0.2) is 29.3 Å². The summed E-state index contributed by atoms with van der Waals surface area (Å²) in [7, 11) is 1.59. The first-order valence-corrected chi connectivity index (χ1v) is 10.4. The van der Waals surface area contributed by atoms with Gasteiger partial charge in [-0.2, -0.15) is 0 Å². The molecule has 1 aliphatic heterocycles. The van der Waals surface area contributed by atoms with Crippen molar-refractivity contribution in [2.75, 3.05) is 66.1 Å². The number of nitrogens with one attached hydrogen (secondary N) is 3. The van der Waals surface area contributed by atoms with Crippen molar-refractivity contribution in [3.63, 3.8) is 0 Å². The number of β-amino-alcohol motifs (C(OH)–C–C–N with tert-alkyl or cyclic N) is 1. The van der Waals surface area contributed by atoms with Gasteiger partial charge in [0.25, 0.3) is 5.91 Å². The Hall–Kier alpha value is -2.36. The van der Waals surface area contributed by atoms with Crippen molar-refractivity contribution in [3.8, 4) is 5.75 Å². The molecule has 1 aromatic carbocycles. The molecular weight excluding hydrogens is 386 g/mol. The lowest BCUT2D eigenvalue weighted by Gasteiger charge is -2.33. The van der Waals surface area contributed by atoms with Crippen LogP contribution in [0.1, 0.15) is 24.2 Å². The molecule has 4 N–H and O–H groups in total. The van der Waals surface area contributed by atoms with Crippen LogP contribution in [0.5, 0.6) is 5.75 Å². The first kappa shape index (κ1) is 23.9. The van der Waals surface area contributed by atoms with E-state index in [9.17, 15) is 9.90 Å². The number of aliphatic imine (C=N–C) groups is 1. The third-order valence-electron chi connectivity index (χ3n) is 4.65. The maximum absolute atomic E-state index is 12.2. The van der Waals surface area contributed by atoms with E-state index in [1.54, 1.807) is 38.3 Å². The number of aliphatic hydroxyl groups is 1. The lowest BCUT2D eigenvalue weighted by Crippen LogP contribution is -2.48. The van der Waals surface area contributed by atoms with Gasteiger partial charge in [0, 0.05) is 44.8 Å². The van der Waals surface area contributed by atoms with Gasteiger partial charge in [-0.15, -0.1) is 0 Å². The second-order valence-corrected chi connectivity index (χ2v) is 7.49. The van der Waals surface area contributed by atoms with Crippen LogP contribution >= 0.6 is 0 Å². The standard InChI is InChI=1S/C21H35N5O4/c1-4-22-20(25-15-21(2,28)16-26-11-13-30-14-12-26)24-10-9-23-19(27)17-5-7-18(29-3)8-6-17/h5-8,28H,4,9-16H2,1-3H3,(H,23,27)(H2,22,24,25). The van der Waals surface area contributed by atoms with Crippen LogP contribution in [0.3, 0.4) is 0 Å². The van der Waals surface area contributed by atoms with Crippen LogP contribution in [0.25, 0.3) is 0 Å². The van der Waals surface area contributed by atoms with Crippen LogP contribution in [0.2, 0.25) is 0 Å². The number of nitrogens with zero attached hydrogens (tertiary/aromatic N) is 2. The molecule has 1 heterocycles. The lowest BCUT2D eigenvalue weighted by molar-refractivity contribution is -0.0180. The van der Waals surface area contributed by atoms with E-state index < -0.39 is 5.60 Å². The molecule has 0 aliphatic carbocycles. The zero-order chi connectivity index (χ0) is 21.8. The zero-order valence-corrected chi connectivity index (χ0v) is 18.2. The monoisotopic (exact) mass is 421 g/mol. The molecule has 1 aliphatic rings. The molecule has 1 aromatic rings. The number of methoxy groups -OCH3 is 1. The van der Waals surface area contributed by atoms with E-state index in [0.717, 1.165) is 13.1 Å². The molecular formula is C21H35N5O4. The first-order valence-electron chi connectivity index (χ1n) is 10.4. The number of hydrogen-bond donors (Lipinski definition) is 4. The predicted octanol–water partition coefficient (Wildman–Crippen LogP) is 0.0633. The Bertz CT molecular complexity index is 672. The number of amides is 1. The summed E-state index contributed by atoms with van der Waals surface area (Å²) in [5.41, 5.74) is -0.349. The number of carbonyl (C=O) groups is 1. The maximum atomic E-state index is 12.2. The van der Waals surface area contributed by atoms with Gasteiger partial charge in [0.05, 0.1) is 32.5 Å². The zero-order valence-electron chi connectivity index (χ0n) is 18.2. The summed E-state index contributed by atoms with van der Waals surface area (Å²) < 4.78 is 10.4. The number of guanidine groups is 1. The molecule has 0 spiro atoms. The van der Waals surface area contributed by atoms with Crippen LogP contribution in [0.4, 0.5) is 0 Å². The molecule has 0 aromatic heterocycles. The number of hydrogen-bond acceptors (Lipinski definition) is 6. The summed E-state index contributed by atoms with van der Waals surface area (Å²) in [5.74, 6) is 1.18.